The molecule has 0 fully saturated rings. The van der Waals surface area contributed by atoms with Crippen molar-refractivity contribution in [1.82, 2.24) is 5.32 Å². The van der Waals surface area contributed by atoms with Crippen LogP contribution >= 0.6 is 0 Å². The minimum Gasteiger partial charge on any atom is -0.466 e. The van der Waals surface area contributed by atoms with E-state index in [0.29, 0.717) is 19.4 Å². The first-order chi connectivity index (χ1) is 37.0. The SMILES string of the molecule is CCCCCCCCC/C=C\CCCCCCCCCC(=O)OCCCCCCCCCCCCCCCCCCCCCCCCCCCCCCCCC(=O)NC(CO)C(O)/C=C/CCCCCCCCCC. The van der Waals surface area contributed by atoms with E-state index < -0.39 is 12.1 Å². The standard InChI is InChI=1S/C69H133NO5/c1-3-5-7-9-11-13-15-16-17-18-34-37-40-43-47-51-55-59-63-69(74)75-64-60-56-52-48-44-41-38-35-32-30-28-26-24-22-20-19-21-23-25-27-29-31-33-36-39-42-46-50-54-58-62-68(73)70-66(65-71)67(72)61-57-53-49-45-14-12-10-8-6-4-2/h17-18,57,61,66-67,71-72H,3-16,19-56,58-60,62-65H2,1-2H3,(H,70,73)/b18-17-,61-57+. The van der Waals surface area contributed by atoms with Gasteiger partial charge in [-0.1, -0.05) is 334 Å². The fourth-order valence-corrected chi connectivity index (χ4v) is 10.7. The second-order valence-electron chi connectivity index (χ2n) is 23.5. The molecule has 6 heteroatoms. The monoisotopic (exact) mass is 1060 g/mol. The Kier molecular flexibility index (Phi) is 63.4. The summed E-state index contributed by atoms with van der Waals surface area (Å²) in [6, 6.07) is -0.623. The van der Waals surface area contributed by atoms with Gasteiger partial charge in [0, 0.05) is 12.8 Å². The highest BCUT2D eigenvalue weighted by Crippen LogP contribution is 2.18. The molecule has 0 heterocycles. The fourth-order valence-electron chi connectivity index (χ4n) is 10.7. The third-order valence-electron chi connectivity index (χ3n) is 16.0. The molecule has 1 amide bonds. The smallest absolute Gasteiger partial charge is 0.305 e. The van der Waals surface area contributed by atoms with Gasteiger partial charge in [-0.05, 0) is 57.8 Å². The van der Waals surface area contributed by atoms with Crippen molar-refractivity contribution >= 4 is 11.9 Å². The molecule has 0 bridgehead atoms. The van der Waals surface area contributed by atoms with Gasteiger partial charge in [0.05, 0.1) is 25.4 Å². The molecule has 0 aliphatic rings. The summed E-state index contributed by atoms with van der Waals surface area (Å²) in [5.74, 6) is -0.0473. The average molecular weight is 1060 g/mol. The van der Waals surface area contributed by atoms with E-state index in [4.69, 9.17) is 4.74 Å². The van der Waals surface area contributed by atoms with Gasteiger partial charge in [-0.15, -0.1) is 0 Å². The molecule has 0 spiro atoms. The molecule has 3 N–H and O–H groups in total. The van der Waals surface area contributed by atoms with Gasteiger partial charge in [0.25, 0.3) is 0 Å². The summed E-state index contributed by atoms with van der Waals surface area (Å²) in [6.07, 6.45) is 81.2. The number of aliphatic hydroxyl groups excluding tert-OH is 2. The molecule has 6 nitrogen and oxygen atoms in total. The Hall–Kier alpha value is -1.66. The summed E-state index contributed by atoms with van der Waals surface area (Å²) < 4.78 is 5.51. The third kappa shape index (κ3) is 61.4. The largest absolute Gasteiger partial charge is 0.466 e. The van der Waals surface area contributed by atoms with Crippen molar-refractivity contribution in [3.05, 3.63) is 24.3 Å². The first kappa shape index (κ1) is 73.3. The zero-order valence-electron chi connectivity index (χ0n) is 50.8. The highest BCUT2D eigenvalue weighted by atomic mass is 16.5. The highest BCUT2D eigenvalue weighted by molar-refractivity contribution is 5.76. The van der Waals surface area contributed by atoms with E-state index in [-0.39, 0.29) is 18.5 Å². The summed E-state index contributed by atoms with van der Waals surface area (Å²) in [5.41, 5.74) is 0. The van der Waals surface area contributed by atoms with Crippen LogP contribution in [0.1, 0.15) is 380 Å². The quantitative estimate of drug-likeness (QED) is 0.0320. The second-order valence-corrected chi connectivity index (χ2v) is 23.5. The van der Waals surface area contributed by atoms with Crippen LogP contribution in [0.25, 0.3) is 0 Å². The van der Waals surface area contributed by atoms with E-state index in [1.54, 1.807) is 6.08 Å². The van der Waals surface area contributed by atoms with Crippen molar-refractivity contribution in [2.75, 3.05) is 13.2 Å². The molecule has 0 rings (SSSR count). The maximum atomic E-state index is 12.4. The predicted molar refractivity (Wildman–Crippen MR) is 329 cm³/mol. The lowest BCUT2D eigenvalue weighted by molar-refractivity contribution is -0.143. The number of hydrogen-bond acceptors (Lipinski definition) is 5. The number of unbranched alkanes of at least 4 members (excludes halogenated alkanes) is 51. The summed E-state index contributed by atoms with van der Waals surface area (Å²) in [5, 5.41) is 23.0. The van der Waals surface area contributed by atoms with Crippen molar-refractivity contribution < 1.29 is 24.5 Å². The first-order valence-electron chi connectivity index (χ1n) is 34.1. The molecule has 0 radical (unpaired) electrons. The Morgan fingerprint density at radius 1 is 0.360 bits per heavy atom. The van der Waals surface area contributed by atoms with Gasteiger partial charge in [0.2, 0.25) is 5.91 Å². The number of nitrogens with one attached hydrogen (secondary N) is 1. The number of allylic oxidation sites excluding steroid dienone is 3. The zero-order chi connectivity index (χ0) is 54.3. The zero-order valence-corrected chi connectivity index (χ0v) is 50.8. The van der Waals surface area contributed by atoms with E-state index in [1.165, 1.54) is 308 Å². The van der Waals surface area contributed by atoms with Gasteiger partial charge in [-0.25, -0.2) is 0 Å². The Morgan fingerprint density at radius 2 is 0.627 bits per heavy atom. The normalized spacial score (nSPS) is 12.6. The van der Waals surface area contributed by atoms with Crippen molar-refractivity contribution in [2.24, 2.45) is 0 Å². The van der Waals surface area contributed by atoms with E-state index in [2.05, 4.69) is 31.3 Å². The molecular weight excluding hydrogens is 923 g/mol. The summed E-state index contributed by atoms with van der Waals surface area (Å²) in [4.78, 5) is 24.5. The first-order valence-corrected chi connectivity index (χ1v) is 34.1. The Morgan fingerprint density at radius 3 is 0.947 bits per heavy atom. The minimum absolute atomic E-state index is 0.0173. The third-order valence-corrected chi connectivity index (χ3v) is 16.0. The lowest BCUT2D eigenvalue weighted by Gasteiger charge is -2.20. The van der Waals surface area contributed by atoms with Crippen LogP contribution in [0.4, 0.5) is 0 Å². The number of hydrogen-bond donors (Lipinski definition) is 3. The maximum absolute atomic E-state index is 12.4. The number of carbonyl (C=O) groups excluding carboxylic acids is 2. The van der Waals surface area contributed by atoms with Crippen molar-refractivity contribution in [3.63, 3.8) is 0 Å². The molecule has 2 unspecified atom stereocenters. The van der Waals surface area contributed by atoms with Crippen LogP contribution in [-0.4, -0.2) is 47.4 Å². The Labute approximate surface area is 469 Å². The van der Waals surface area contributed by atoms with E-state index in [0.717, 1.165) is 44.9 Å². The second kappa shape index (κ2) is 64.9. The fraction of sp³-hybridized carbons (Fsp3) is 0.913. The predicted octanol–water partition coefficient (Wildman–Crippen LogP) is 21.8. The summed E-state index contributed by atoms with van der Waals surface area (Å²) >= 11 is 0. The maximum Gasteiger partial charge on any atom is 0.305 e. The van der Waals surface area contributed by atoms with E-state index >= 15 is 0 Å². The van der Waals surface area contributed by atoms with Crippen molar-refractivity contribution in [1.29, 1.82) is 0 Å². The molecule has 0 aliphatic carbocycles. The van der Waals surface area contributed by atoms with Crippen LogP contribution in [-0.2, 0) is 14.3 Å². The van der Waals surface area contributed by atoms with E-state index in [9.17, 15) is 19.8 Å². The topological polar surface area (TPSA) is 95.9 Å². The van der Waals surface area contributed by atoms with Crippen molar-refractivity contribution in [2.45, 2.75) is 392 Å². The van der Waals surface area contributed by atoms with Gasteiger partial charge in [0.1, 0.15) is 0 Å². The van der Waals surface area contributed by atoms with Crippen LogP contribution in [0.2, 0.25) is 0 Å². The average Bonchev–Trinajstić information content (AvgIpc) is 3.41. The van der Waals surface area contributed by atoms with Crippen LogP contribution in [0, 0.1) is 0 Å². The number of carbonyl (C=O) groups is 2. The van der Waals surface area contributed by atoms with Crippen molar-refractivity contribution in [3.8, 4) is 0 Å². The summed E-state index contributed by atoms with van der Waals surface area (Å²) in [7, 11) is 0. The minimum atomic E-state index is -0.839. The molecule has 0 saturated heterocycles. The van der Waals surface area contributed by atoms with Gasteiger partial charge in [0.15, 0.2) is 0 Å². The van der Waals surface area contributed by atoms with Crippen LogP contribution in [0.5, 0.6) is 0 Å². The molecule has 444 valence electrons. The highest BCUT2D eigenvalue weighted by Gasteiger charge is 2.18. The summed E-state index contributed by atoms with van der Waals surface area (Å²) in [6.45, 7) is 4.91. The number of amides is 1. The number of aliphatic hydroxyl groups is 2. The Balaban J connectivity index is 3.30. The van der Waals surface area contributed by atoms with Gasteiger partial charge < -0.3 is 20.3 Å². The number of rotatable bonds is 64. The van der Waals surface area contributed by atoms with Crippen LogP contribution < -0.4 is 5.32 Å². The van der Waals surface area contributed by atoms with Gasteiger partial charge in [-0.3, -0.25) is 9.59 Å². The molecule has 75 heavy (non-hydrogen) atoms. The number of ether oxygens (including phenoxy) is 1. The molecule has 0 aromatic carbocycles. The molecule has 0 aromatic heterocycles. The molecule has 2 atom stereocenters. The van der Waals surface area contributed by atoms with Gasteiger partial charge in [-0.2, -0.15) is 0 Å². The van der Waals surface area contributed by atoms with Gasteiger partial charge >= 0.3 is 5.97 Å². The van der Waals surface area contributed by atoms with Crippen LogP contribution in [0.15, 0.2) is 24.3 Å². The molecule has 0 aliphatic heterocycles. The van der Waals surface area contributed by atoms with E-state index in [1.807, 2.05) is 6.08 Å². The lowest BCUT2D eigenvalue weighted by Crippen LogP contribution is -2.45. The molecular formula is C69H133NO5. The lowest BCUT2D eigenvalue weighted by atomic mass is 10.0. The molecule has 0 aromatic rings. The number of esters is 1. The Bertz CT molecular complexity index is 1170. The van der Waals surface area contributed by atoms with Crippen LogP contribution in [0.3, 0.4) is 0 Å². The molecule has 0 saturated carbocycles.